The van der Waals surface area contributed by atoms with E-state index < -0.39 is 21.3 Å². The van der Waals surface area contributed by atoms with Crippen LogP contribution in [0.5, 0.6) is 0 Å². The number of hydrogen-bond acceptors (Lipinski definition) is 5. The van der Waals surface area contributed by atoms with Crippen molar-refractivity contribution in [2.24, 2.45) is 0 Å². The van der Waals surface area contributed by atoms with E-state index in [4.69, 9.17) is 9.47 Å². The van der Waals surface area contributed by atoms with E-state index in [2.05, 4.69) is 0 Å². The molecule has 0 aliphatic carbocycles. The maximum atomic E-state index is 14.4. The maximum absolute atomic E-state index is 14.4. The monoisotopic (exact) mass is 406 g/mol. The van der Waals surface area contributed by atoms with E-state index in [0.29, 0.717) is 30.6 Å². The van der Waals surface area contributed by atoms with Gasteiger partial charge in [0.25, 0.3) is 0 Å². The summed E-state index contributed by atoms with van der Waals surface area (Å²) in [6.07, 6.45) is 0.917. The minimum absolute atomic E-state index is 0.000799. The van der Waals surface area contributed by atoms with Gasteiger partial charge in [0.2, 0.25) is 9.84 Å². The van der Waals surface area contributed by atoms with E-state index >= 15 is 0 Å². The molecule has 0 saturated carbocycles. The lowest BCUT2D eigenvalue weighted by Crippen LogP contribution is -2.39. The lowest BCUT2D eigenvalue weighted by molar-refractivity contribution is -0.122. The zero-order valence-electron chi connectivity index (χ0n) is 16.1. The Bertz CT molecular complexity index is 984. The first-order valence-electron chi connectivity index (χ1n) is 9.02. The smallest absolute Gasteiger partial charge is 0.206 e. The van der Waals surface area contributed by atoms with Crippen molar-refractivity contribution in [1.29, 1.82) is 0 Å². The summed E-state index contributed by atoms with van der Waals surface area (Å²) in [7, 11) is -2.41. The molecule has 2 aromatic carbocycles. The number of carbonyl (C=O) groups is 1. The van der Waals surface area contributed by atoms with Gasteiger partial charge in [0.15, 0.2) is 5.78 Å². The third-order valence-corrected chi connectivity index (χ3v) is 6.94. The minimum Gasteiger partial charge on any atom is -0.378 e. The molecule has 0 radical (unpaired) electrons. The summed E-state index contributed by atoms with van der Waals surface area (Å²) in [5.41, 5.74) is 0.0835. The van der Waals surface area contributed by atoms with Gasteiger partial charge in [0.05, 0.1) is 28.1 Å². The fourth-order valence-corrected chi connectivity index (χ4v) is 4.92. The van der Waals surface area contributed by atoms with Gasteiger partial charge in [0, 0.05) is 25.5 Å². The molecule has 1 fully saturated rings. The van der Waals surface area contributed by atoms with Crippen LogP contribution in [-0.2, 0) is 24.9 Å². The van der Waals surface area contributed by atoms with E-state index in [1.807, 2.05) is 6.92 Å². The molecular formula is C21H23FO5S. The molecule has 0 spiro atoms. The van der Waals surface area contributed by atoms with Crippen LogP contribution in [0.2, 0.25) is 0 Å². The molecule has 2 aromatic rings. The van der Waals surface area contributed by atoms with Gasteiger partial charge in [-0.05, 0) is 49.7 Å². The summed E-state index contributed by atoms with van der Waals surface area (Å²) in [5, 5.41) is 0. The zero-order chi connectivity index (χ0) is 20.5. The van der Waals surface area contributed by atoms with Crippen LogP contribution in [-0.4, -0.2) is 34.0 Å². The Labute approximate surface area is 164 Å². The Hall–Kier alpha value is -2.09. The summed E-state index contributed by atoms with van der Waals surface area (Å²) in [5.74, 6) is -0.806. The Morgan fingerprint density at radius 1 is 1.18 bits per heavy atom. The topological polar surface area (TPSA) is 69.7 Å². The molecule has 1 aliphatic heterocycles. The number of benzene rings is 2. The fraction of sp³-hybridized carbons (Fsp3) is 0.381. The molecule has 7 heteroatoms. The molecule has 2 atom stereocenters. The molecule has 1 saturated heterocycles. The highest BCUT2D eigenvalue weighted by atomic mass is 32.2. The SMILES string of the molecule is CO[C@]1(c2cc(F)cc(S(=O)(=O)c3ccc(C(C)=O)cc3)c2)CCO[C@@H](C)C1. The van der Waals surface area contributed by atoms with E-state index in [9.17, 15) is 17.6 Å². The Morgan fingerprint density at radius 2 is 1.86 bits per heavy atom. The molecule has 5 nitrogen and oxygen atoms in total. The fourth-order valence-electron chi connectivity index (χ4n) is 3.60. The lowest BCUT2D eigenvalue weighted by atomic mass is 9.83. The van der Waals surface area contributed by atoms with Crippen molar-refractivity contribution < 1.29 is 27.1 Å². The molecule has 0 bridgehead atoms. The Morgan fingerprint density at radius 3 is 2.43 bits per heavy atom. The van der Waals surface area contributed by atoms with Gasteiger partial charge in [-0.15, -0.1) is 0 Å². The molecular weight excluding hydrogens is 383 g/mol. The largest absolute Gasteiger partial charge is 0.378 e. The molecule has 1 heterocycles. The van der Waals surface area contributed by atoms with Crippen molar-refractivity contribution in [2.75, 3.05) is 13.7 Å². The predicted octanol–water partition coefficient (Wildman–Crippen LogP) is 3.90. The summed E-state index contributed by atoms with van der Waals surface area (Å²) >= 11 is 0. The Kier molecular flexibility index (Phi) is 5.70. The van der Waals surface area contributed by atoms with Gasteiger partial charge < -0.3 is 9.47 Å². The van der Waals surface area contributed by atoms with Crippen LogP contribution in [0.15, 0.2) is 52.3 Å². The number of ketones is 1. The normalized spacial score (nSPS) is 22.8. The van der Waals surface area contributed by atoms with E-state index in [1.54, 1.807) is 0 Å². The first-order valence-corrected chi connectivity index (χ1v) is 10.5. The zero-order valence-corrected chi connectivity index (χ0v) is 16.9. The summed E-state index contributed by atoms with van der Waals surface area (Å²) in [6, 6.07) is 9.42. The average molecular weight is 406 g/mol. The standard InChI is InChI=1S/C21H23FO5S/c1-14-13-21(26-3,8-9-27-14)17-10-18(22)12-20(11-17)28(24,25)19-6-4-16(5-7-19)15(2)23/h4-7,10-12,14H,8-9,13H2,1-3H3/t14-,21+/m0/s1. The Balaban J connectivity index is 2.06. The van der Waals surface area contributed by atoms with Gasteiger partial charge in [-0.2, -0.15) is 0 Å². The van der Waals surface area contributed by atoms with Crippen LogP contribution in [0.1, 0.15) is 42.6 Å². The van der Waals surface area contributed by atoms with Crippen LogP contribution in [0.3, 0.4) is 0 Å². The number of ether oxygens (including phenoxy) is 2. The second-order valence-electron chi connectivity index (χ2n) is 7.09. The minimum atomic E-state index is -3.95. The lowest BCUT2D eigenvalue weighted by Gasteiger charge is -2.39. The van der Waals surface area contributed by atoms with Crippen LogP contribution in [0.4, 0.5) is 4.39 Å². The van der Waals surface area contributed by atoms with Crippen LogP contribution >= 0.6 is 0 Å². The van der Waals surface area contributed by atoms with E-state index in [1.165, 1.54) is 50.4 Å². The highest BCUT2D eigenvalue weighted by Crippen LogP contribution is 2.39. The van der Waals surface area contributed by atoms with Crippen molar-refractivity contribution in [1.82, 2.24) is 0 Å². The number of hydrogen-bond donors (Lipinski definition) is 0. The molecule has 28 heavy (non-hydrogen) atoms. The third kappa shape index (κ3) is 3.87. The third-order valence-electron chi connectivity index (χ3n) is 5.20. The van der Waals surface area contributed by atoms with Crippen LogP contribution < -0.4 is 0 Å². The highest BCUT2D eigenvalue weighted by Gasteiger charge is 2.38. The number of halogens is 1. The molecule has 0 amide bonds. The van der Waals surface area contributed by atoms with Crippen molar-refractivity contribution in [2.45, 2.75) is 48.2 Å². The molecule has 150 valence electrons. The van der Waals surface area contributed by atoms with Gasteiger partial charge in [-0.25, -0.2) is 12.8 Å². The quantitative estimate of drug-likeness (QED) is 0.705. The number of Topliss-reactive ketones (excluding diaryl/α,β-unsaturated/α-hetero) is 1. The summed E-state index contributed by atoms with van der Waals surface area (Å²) in [4.78, 5) is 11.3. The first-order chi connectivity index (χ1) is 13.2. The number of methoxy groups -OCH3 is 1. The van der Waals surface area contributed by atoms with Crippen molar-refractivity contribution in [3.63, 3.8) is 0 Å². The highest BCUT2D eigenvalue weighted by molar-refractivity contribution is 7.91. The first kappa shape index (κ1) is 20.6. The van der Waals surface area contributed by atoms with E-state index in [-0.39, 0.29) is 21.7 Å². The molecule has 1 aliphatic rings. The van der Waals surface area contributed by atoms with Crippen LogP contribution in [0.25, 0.3) is 0 Å². The van der Waals surface area contributed by atoms with Crippen LogP contribution in [0, 0.1) is 5.82 Å². The molecule has 3 rings (SSSR count). The summed E-state index contributed by atoms with van der Waals surface area (Å²) in [6.45, 7) is 3.75. The van der Waals surface area contributed by atoms with Gasteiger partial charge in [-0.1, -0.05) is 12.1 Å². The van der Waals surface area contributed by atoms with Crippen molar-refractivity contribution in [3.8, 4) is 0 Å². The maximum Gasteiger partial charge on any atom is 0.206 e. The van der Waals surface area contributed by atoms with Crippen molar-refractivity contribution in [3.05, 3.63) is 59.4 Å². The molecule has 0 aromatic heterocycles. The number of carbonyl (C=O) groups excluding carboxylic acids is 1. The van der Waals surface area contributed by atoms with Crippen molar-refractivity contribution >= 4 is 15.6 Å². The second kappa shape index (κ2) is 7.73. The van der Waals surface area contributed by atoms with Gasteiger partial charge >= 0.3 is 0 Å². The molecule has 0 unspecified atom stereocenters. The number of rotatable bonds is 5. The van der Waals surface area contributed by atoms with Gasteiger partial charge in [-0.3, -0.25) is 4.79 Å². The second-order valence-corrected chi connectivity index (χ2v) is 9.04. The molecule has 0 N–H and O–H groups in total. The summed E-state index contributed by atoms with van der Waals surface area (Å²) < 4.78 is 51.8. The number of sulfone groups is 1. The van der Waals surface area contributed by atoms with E-state index in [0.717, 1.165) is 6.07 Å². The predicted molar refractivity (Wildman–Crippen MR) is 102 cm³/mol. The average Bonchev–Trinajstić information content (AvgIpc) is 2.67. The van der Waals surface area contributed by atoms with Gasteiger partial charge in [0.1, 0.15) is 5.82 Å².